The number of aromatic hydroxyl groups is 1. The standard InChI is InChI=1S/C32H41NO2/c1-5-7-9-25(6-2)31(10-8-23-34)32(29-15-17-30(35)18-16-29)28-13-11-26(12-14-28)27-19-21-33(22-20-27)24(3)4/h6-7,9,11-18,27,34-35H,3,5,8,10,19-23H2,1-2,4H3/b9-7-,25-6+,32-31+. The van der Waals surface area contributed by atoms with Gasteiger partial charge in [0.25, 0.3) is 0 Å². The topological polar surface area (TPSA) is 43.7 Å². The fourth-order valence-electron chi connectivity index (χ4n) is 4.95. The number of phenolic OH excluding ortho intramolecular Hbond substituents is 1. The highest BCUT2D eigenvalue weighted by Crippen LogP contribution is 2.36. The van der Waals surface area contributed by atoms with E-state index in [1.807, 2.05) is 12.1 Å². The van der Waals surface area contributed by atoms with Gasteiger partial charge in [-0.15, -0.1) is 0 Å². The molecular weight excluding hydrogens is 430 g/mol. The molecule has 1 saturated heterocycles. The maximum absolute atomic E-state index is 9.91. The quantitative estimate of drug-likeness (QED) is 0.351. The number of rotatable bonds is 10. The number of phenols is 1. The van der Waals surface area contributed by atoms with Crippen molar-refractivity contribution in [2.75, 3.05) is 19.7 Å². The molecular formula is C32H41NO2. The highest BCUT2D eigenvalue weighted by Gasteiger charge is 2.21. The Morgan fingerprint density at radius 3 is 2.14 bits per heavy atom. The molecule has 3 heteroatoms. The molecule has 3 rings (SSSR count). The van der Waals surface area contributed by atoms with Gasteiger partial charge in [0, 0.05) is 25.4 Å². The molecule has 1 aliphatic rings. The minimum Gasteiger partial charge on any atom is -0.508 e. The van der Waals surface area contributed by atoms with Crippen LogP contribution < -0.4 is 0 Å². The molecule has 0 radical (unpaired) electrons. The maximum atomic E-state index is 9.91. The Balaban J connectivity index is 2.04. The molecule has 0 atom stereocenters. The lowest BCUT2D eigenvalue weighted by atomic mass is 9.84. The molecule has 1 heterocycles. The normalized spacial score (nSPS) is 16.0. The maximum Gasteiger partial charge on any atom is 0.115 e. The van der Waals surface area contributed by atoms with Gasteiger partial charge in [-0.2, -0.15) is 0 Å². The average molecular weight is 472 g/mol. The average Bonchev–Trinajstić information content (AvgIpc) is 2.88. The Labute approximate surface area is 211 Å². The summed E-state index contributed by atoms with van der Waals surface area (Å²) in [6.45, 7) is 12.7. The van der Waals surface area contributed by atoms with Gasteiger partial charge in [-0.05, 0) is 97.4 Å². The first-order valence-corrected chi connectivity index (χ1v) is 13.0. The smallest absolute Gasteiger partial charge is 0.115 e. The Bertz CT molecular complexity index is 1050. The number of aliphatic hydroxyl groups is 1. The van der Waals surface area contributed by atoms with E-state index in [2.05, 4.69) is 74.7 Å². The molecule has 35 heavy (non-hydrogen) atoms. The van der Waals surface area contributed by atoms with Crippen molar-refractivity contribution >= 4 is 5.57 Å². The van der Waals surface area contributed by atoms with Crippen LogP contribution in [0.1, 0.15) is 75.5 Å². The van der Waals surface area contributed by atoms with Crippen molar-refractivity contribution in [3.8, 4) is 5.75 Å². The monoisotopic (exact) mass is 471 g/mol. The predicted octanol–water partition coefficient (Wildman–Crippen LogP) is 7.59. The van der Waals surface area contributed by atoms with E-state index in [1.54, 1.807) is 12.1 Å². The first-order chi connectivity index (χ1) is 17.0. The molecule has 2 aromatic carbocycles. The second-order valence-electron chi connectivity index (χ2n) is 9.40. The first kappa shape index (κ1) is 26.6. The van der Waals surface area contributed by atoms with Crippen molar-refractivity contribution in [2.24, 2.45) is 0 Å². The van der Waals surface area contributed by atoms with Crippen LogP contribution in [0.15, 0.2) is 90.2 Å². The lowest BCUT2D eigenvalue weighted by molar-refractivity contribution is 0.264. The number of likely N-dealkylation sites (tertiary alicyclic amines) is 1. The van der Waals surface area contributed by atoms with Crippen LogP contribution in [0.25, 0.3) is 5.57 Å². The number of allylic oxidation sites excluding steroid dienone is 6. The lowest BCUT2D eigenvalue weighted by Crippen LogP contribution is -2.31. The second kappa shape index (κ2) is 13.2. The highest BCUT2D eigenvalue weighted by atomic mass is 16.3. The van der Waals surface area contributed by atoms with Crippen LogP contribution in [0.5, 0.6) is 5.75 Å². The fraction of sp³-hybridized carbons (Fsp3) is 0.375. The Morgan fingerprint density at radius 2 is 1.63 bits per heavy atom. The van der Waals surface area contributed by atoms with Gasteiger partial charge in [-0.25, -0.2) is 0 Å². The minimum absolute atomic E-state index is 0.155. The van der Waals surface area contributed by atoms with Crippen LogP contribution in [0.2, 0.25) is 0 Å². The summed E-state index contributed by atoms with van der Waals surface area (Å²) in [7, 11) is 0. The molecule has 0 aliphatic carbocycles. The zero-order valence-corrected chi connectivity index (χ0v) is 21.6. The number of benzene rings is 2. The number of hydrogen-bond acceptors (Lipinski definition) is 3. The van der Waals surface area contributed by atoms with Crippen molar-refractivity contribution in [3.05, 3.63) is 107 Å². The largest absolute Gasteiger partial charge is 0.508 e. The van der Waals surface area contributed by atoms with Gasteiger partial charge in [0.05, 0.1) is 0 Å². The van der Waals surface area contributed by atoms with E-state index in [0.29, 0.717) is 12.3 Å². The number of hydrogen-bond donors (Lipinski definition) is 2. The van der Waals surface area contributed by atoms with E-state index in [-0.39, 0.29) is 12.4 Å². The van der Waals surface area contributed by atoms with Gasteiger partial charge in [0.1, 0.15) is 5.75 Å². The molecule has 2 aromatic rings. The summed E-state index contributed by atoms with van der Waals surface area (Å²) in [6.07, 6.45) is 11.3. The summed E-state index contributed by atoms with van der Waals surface area (Å²) in [5, 5.41) is 19.6. The third-order valence-corrected chi connectivity index (χ3v) is 6.94. The van der Waals surface area contributed by atoms with Crippen molar-refractivity contribution in [1.29, 1.82) is 0 Å². The number of piperidine rings is 1. The van der Waals surface area contributed by atoms with Crippen molar-refractivity contribution in [3.63, 3.8) is 0 Å². The SMILES string of the molecule is C=C(C)N1CCC(c2ccc(\C(=C(CCCO)/C(/C=C\CC)=C/C)c3ccc(O)cc3)cc2)CC1. The van der Waals surface area contributed by atoms with E-state index >= 15 is 0 Å². The van der Waals surface area contributed by atoms with Crippen LogP contribution in [0, 0.1) is 0 Å². The van der Waals surface area contributed by atoms with E-state index < -0.39 is 0 Å². The Hall–Kier alpha value is -3.04. The fourth-order valence-corrected chi connectivity index (χ4v) is 4.95. The van der Waals surface area contributed by atoms with Crippen molar-refractivity contribution < 1.29 is 10.2 Å². The molecule has 0 amide bonds. The Morgan fingerprint density at radius 1 is 1.03 bits per heavy atom. The number of aliphatic hydroxyl groups excluding tert-OH is 1. The zero-order valence-electron chi connectivity index (χ0n) is 21.6. The van der Waals surface area contributed by atoms with Crippen LogP contribution in [0.4, 0.5) is 0 Å². The predicted molar refractivity (Wildman–Crippen MR) is 148 cm³/mol. The minimum atomic E-state index is 0.155. The first-order valence-electron chi connectivity index (χ1n) is 13.0. The van der Waals surface area contributed by atoms with Gasteiger partial charge in [-0.3, -0.25) is 0 Å². The second-order valence-corrected chi connectivity index (χ2v) is 9.40. The molecule has 1 aliphatic heterocycles. The van der Waals surface area contributed by atoms with Crippen molar-refractivity contribution in [2.45, 2.75) is 58.8 Å². The van der Waals surface area contributed by atoms with E-state index in [9.17, 15) is 10.2 Å². The summed E-state index contributed by atoms with van der Waals surface area (Å²) in [4.78, 5) is 2.38. The lowest BCUT2D eigenvalue weighted by Gasteiger charge is -2.34. The van der Waals surface area contributed by atoms with Crippen LogP contribution in [0.3, 0.4) is 0 Å². The van der Waals surface area contributed by atoms with Gasteiger partial charge in [0.15, 0.2) is 0 Å². The van der Waals surface area contributed by atoms with E-state index in [1.165, 1.54) is 16.7 Å². The van der Waals surface area contributed by atoms with E-state index in [4.69, 9.17) is 0 Å². The molecule has 0 saturated carbocycles. The van der Waals surface area contributed by atoms with Crippen LogP contribution in [-0.2, 0) is 0 Å². The molecule has 186 valence electrons. The van der Waals surface area contributed by atoms with Crippen molar-refractivity contribution in [1.82, 2.24) is 4.90 Å². The summed E-state index contributed by atoms with van der Waals surface area (Å²) >= 11 is 0. The summed E-state index contributed by atoms with van der Waals surface area (Å²) in [6, 6.07) is 16.6. The third kappa shape index (κ3) is 6.99. The molecule has 2 N–H and O–H groups in total. The summed E-state index contributed by atoms with van der Waals surface area (Å²) in [5.74, 6) is 0.840. The molecule has 3 nitrogen and oxygen atoms in total. The number of nitrogens with zero attached hydrogens (tertiary/aromatic N) is 1. The van der Waals surface area contributed by atoms with Gasteiger partial charge in [0.2, 0.25) is 0 Å². The summed E-state index contributed by atoms with van der Waals surface area (Å²) in [5.41, 5.74) is 8.36. The molecule has 0 unspecified atom stereocenters. The van der Waals surface area contributed by atoms with E-state index in [0.717, 1.165) is 61.2 Å². The molecule has 0 bridgehead atoms. The molecule has 0 aromatic heterocycles. The van der Waals surface area contributed by atoms with Gasteiger partial charge >= 0.3 is 0 Å². The van der Waals surface area contributed by atoms with Crippen LogP contribution >= 0.6 is 0 Å². The molecule has 1 fully saturated rings. The highest BCUT2D eigenvalue weighted by molar-refractivity contribution is 5.85. The van der Waals surface area contributed by atoms with Gasteiger partial charge in [-0.1, -0.05) is 68.1 Å². The third-order valence-electron chi connectivity index (χ3n) is 6.94. The Kier molecular flexibility index (Phi) is 9.98. The zero-order chi connectivity index (χ0) is 25.2. The molecule has 0 spiro atoms. The summed E-state index contributed by atoms with van der Waals surface area (Å²) < 4.78 is 0. The van der Waals surface area contributed by atoms with Crippen LogP contribution in [-0.4, -0.2) is 34.8 Å². The van der Waals surface area contributed by atoms with Gasteiger partial charge < -0.3 is 15.1 Å².